The number of aromatic amines is 1. The molecule has 6 heteroatoms. The lowest BCUT2D eigenvalue weighted by atomic mass is 10.0. The molecule has 3 aromatic rings. The first-order chi connectivity index (χ1) is 9.99. The number of aryl methyl sites for hydroxylation is 2. The summed E-state index contributed by atoms with van der Waals surface area (Å²) in [7, 11) is 0. The molecule has 104 valence electrons. The summed E-state index contributed by atoms with van der Waals surface area (Å²) >= 11 is 0. The van der Waals surface area contributed by atoms with Gasteiger partial charge in [-0.1, -0.05) is 0 Å². The van der Waals surface area contributed by atoms with E-state index in [1.807, 2.05) is 6.07 Å². The van der Waals surface area contributed by atoms with Gasteiger partial charge in [0.05, 0.1) is 5.69 Å². The van der Waals surface area contributed by atoms with E-state index in [2.05, 4.69) is 9.97 Å². The molecule has 3 heterocycles. The summed E-state index contributed by atoms with van der Waals surface area (Å²) in [5, 5.41) is 8.95. The largest absolute Gasteiger partial charge is 0.325 e. The number of nitriles is 1. The highest BCUT2D eigenvalue weighted by atomic mass is 19.1. The lowest BCUT2D eigenvalue weighted by Gasteiger charge is -2.07. The molecule has 0 radical (unpaired) electrons. The van der Waals surface area contributed by atoms with Crippen LogP contribution in [-0.4, -0.2) is 14.4 Å². The molecule has 0 atom stereocenters. The summed E-state index contributed by atoms with van der Waals surface area (Å²) in [5.74, 6) is -0.454. The summed E-state index contributed by atoms with van der Waals surface area (Å²) in [5.41, 5.74) is 2.27. The molecule has 0 aliphatic rings. The zero-order valence-corrected chi connectivity index (χ0v) is 11.4. The van der Waals surface area contributed by atoms with Gasteiger partial charge in [-0.15, -0.1) is 0 Å². The molecule has 3 rings (SSSR count). The molecule has 5 nitrogen and oxygen atoms in total. The number of halogens is 1. The van der Waals surface area contributed by atoms with Crippen molar-refractivity contribution in [2.24, 2.45) is 0 Å². The van der Waals surface area contributed by atoms with Crippen LogP contribution in [0.5, 0.6) is 0 Å². The van der Waals surface area contributed by atoms with E-state index in [1.165, 1.54) is 12.1 Å². The second-order valence-electron chi connectivity index (χ2n) is 4.85. The Kier molecular flexibility index (Phi) is 2.84. The van der Waals surface area contributed by atoms with Crippen LogP contribution in [0, 0.1) is 31.0 Å². The fourth-order valence-electron chi connectivity index (χ4n) is 2.33. The molecule has 0 saturated carbocycles. The number of nitrogens with one attached hydrogen (secondary N) is 1. The van der Waals surface area contributed by atoms with Crippen molar-refractivity contribution < 1.29 is 4.39 Å². The third kappa shape index (κ3) is 2.09. The number of nitrogens with zero attached hydrogens (tertiary/aromatic N) is 3. The molecule has 0 amide bonds. The van der Waals surface area contributed by atoms with Gasteiger partial charge < -0.3 is 9.38 Å². The summed E-state index contributed by atoms with van der Waals surface area (Å²) in [4.78, 5) is 18.3. The third-order valence-corrected chi connectivity index (χ3v) is 3.30. The highest BCUT2D eigenvalue weighted by Crippen LogP contribution is 2.24. The van der Waals surface area contributed by atoms with Crippen molar-refractivity contribution in [2.75, 3.05) is 0 Å². The van der Waals surface area contributed by atoms with Crippen molar-refractivity contribution in [3.63, 3.8) is 0 Å². The molecular formula is C15H11FN4O. The van der Waals surface area contributed by atoms with Gasteiger partial charge in [-0.05, 0) is 26.0 Å². The van der Waals surface area contributed by atoms with Crippen molar-refractivity contribution in [1.29, 1.82) is 5.26 Å². The minimum Gasteiger partial charge on any atom is -0.325 e. The van der Waals surface area contributed by atoms with Crippen molar-refractivity contribution in [1.82, 2.24) is 14.4 Å². The smallest absolute Gasteiger partial charge is 0.266 e. The monoisotopic (exact) mass is 282 g/mol. The maximum Gasteiger partial charge on any atom is 0.266 e. The Labute approximate surface area is 119 Å². The average Bonchev–Trinajstić information content (AvgIpc) is 2.80. The Morgan fingerprint density at radius 2 is 2.10 bits per heavy atom. The highest BCUT2D eigenvalue weighted by Gasteiger charge is 2.12. The van der Waals surface area contributed by atoms with Gasteiger partial charge in [-0.3, -0.25) is 4.79 Å². The molecule has 0 fully saturated rings. The molecule has 0 aromatic carbocycles. The number of imidazole rings is 1. The molecule has 1 N–H and O–H groups in total. The lowest BCUT2D eigenvalue weighted by molar-refractivity contribution is 0.630. The van der Waals surface area contributed by atoms with E-state index in [0.29, 0.717) is 22.5 Å². The summed E-state index contributed by atoms with van der Waals surface area (Å²) < 4.78 is 15.7. The maximum absolute atomic E-state index is 14.1. The van der Waals surface area contributed by atoms with Crippen molar-refractivity contribution in [2.45, 2.75) is 13.8 Å². The van der Waals surface area contributed by atoms with Gasteiger partial charge in [0.25, 0.3) is 5.56 Å². The predicted molar refractivity (Wildman–Crippen MR) is 75.4 cm³/mol. The van der Waals surface area contributed by atoms with E-state index in [9.17, 15) is 9.18 Å². The number of hydrogen-bond donors (Lipinski definition) is 1. The Bertz CT molecular complexity index is 962. The zero-order valence-electron chi connectivity index (χ0n) is 11.4. The van der Waals surface area contributed by atoms with Gasteiger partial charge in [0.15, 0.2) is 11.5 Å². The topological polar surface area (TPSA) is 73.9 Å². The van der Waals surface area contributed by atoms with E-state index in [-0.39, 0.29) is 11.2 Å². The number of hydrogen-bond acceptors (Lipinski definition) is 3. The van der Waals surface area contributed by atoms with Crippen LogP contribution < -0.4 is 5.56 Å². The highest BCUT2D eigenvalue weighted by molar-refractivity contribution is 5.68. The van der Waals surface area contributed by atoms with Gasteiger partial charge in [0, 0.05) is 29.2 Å². The van der Waals surface area contributed by atoms with Crippen molar-refractivity contribution in [3.8, 4) is 17.2 Å². The summed E-state index contributed by atoms with van der Waals surface area (Å²) in [6, 6.07) is 4.65. The standard InChI is InChI=1S/C15H11FN4O/c1-8-6-20-7-11(4-13(16)14(20)18-8)12-3-10(5-17)15(21)19-9(12)2/h3-4,6-7H,1-2H3,(H,19,21). The fourth-order valence-corrected chi connectivity index (χ4v) is 2.33. The predicted octanol–water partition coefficient (Wildman–Crippen LogP) is 2.32. The number of pyridine rings is 2. The van der Waals surface area contributed by atoms with Crippen LogP contribution >= 0.6 is 0 Å². The molecule has 21 heavy (non-hydrogen) atoms. The lowest BCUT2D eigenvalue weighted by Crippen LogP contribution is -2.12. The molecule has 0 bridgehead atoms. The Morgan fingerprint density at radius 1 is 1.33 bits per heavy atom. The van der Waals surface area contributed by atoms with Gasteiger partial charge in [-0.25, -0.2) is 9.37 Å². The van der Waals surface area contributed by atoms with Gasteiger partial charge in [0.2, 0.25) is 0 Å². The van der Waals surface area contributed by atoms with Gasteiger partial charge >= 0.3 is 0 Å². The molecule has 3 aromatic heterocycles. The quantitative estimate of drug-likeness (QED) is 0.744. The maximum atomic E-state index is 14.1. The second-order valence-corrected chi connectivity index (χ2v) is 4.85. The summed E-state index contributed by atoms with van der Waals surface area (Å²) in [6.45, 7) is 3.49. The first kappa shape index (κ1) is 13.1. The normalized spacial score (nSPS) is 10.8. The molecule has 0 saturated heterocycles. The van der Waals surface area contributed by atoms with Crippen molar-refractivity contribution in [3.05, 3.63) is 57.6 Å². The average molecular weight is 282 g/mol. The van der Waals surface area contributed by atoms with Crippen LogP contribution in [-0.2, 0) is 0 Å². The van der Waals surface area contributed by atoms with E-state index in [1.54, 1.807) is 30.6 Å². The van der Waals surface area contributed by atoms with Crippen molar-refractivity contribution >= 4 is 5.65 Å². The van der Waals surface area contributed by atoms with E-state index in [4.69, 9.17) is 5.26 Å². The Balaban J connectivity index is 2.30. The van der Waals surface area contributed by atoms with Crippen LogP contribution in [0.2, 0.25) is 0 Å². The van der Waals surface area contributed by atoms with E-state index >= 15 is 0 Å². The van der Waals surface area contributed by atoms with Crippen LogP contribution in [0.25, 0.3) is 16.8 Å². The van der Waals surface area contributed by atoms with Gasteiger partial charge in [-0.2, -0.15) is 5.26 Å². The molecule has 0 aliphatic carbocycles. The number of fused-ring (bicyclic) bond motifs is 1. The molecule has 0 aliphatic heterocycles. The molecule has 0 spiro atoms. The molecular weight excluding hydrogens is 271 g/mol. The van der Waals surface area contributed by atoms with Crippen LogP contribution in [0.4, 0.5) is 4.39 Å². The number of rotatable bonds is 1. The van der Waals surface area contributed by atoms with E-state index < -0.39 is 11.4 Å². The Morgan fingerprint density at radius 3 is 2.81 bits per heavy atom. The number of H-pyrrole nitrogens is 1. The minimum absolute atomic E-state index is 0.00193. The first-order valence-corrected chi connectivity index (χ1v) is 6.29. The van der Waals surface area contributed by atoms with Crippen LogP contribution in [0.3, 0.4) is 0 Å². The number of aromatic nitrogens is 3. The van der Waals surface area contributed by atoms with Crippen LogP contribution in [0.15, 0.2) is 29.3 Å². The van der Waals surface area contributed by atoms with E-state index in [0.717, 1.165) is 0 Å². The second kappa shape index (κ2) is 4.56. The minimum atomic E-state index is -0.454. The third-order valence-electron chi connectivity index (χ3n) is 3.30. The molecule has 0 unspecified atom stereocenters. The zero-order chi connectivity index (χ0) is 15.1. The first-order valence-electron chi connectivity index (χ1n) is 6.29. The van der Waals surface area contributed by atoms with Gasteiger partial charge in [0.1, 0.15) is 11.6 Å². The SMILES string of the molecule is Cc1cn2cc(-c3cc(C#N)c(=O)[nH]c3C)cc(F)c2n1. The Hall–Kier alpha value is -2.94. The fraction of sp³-hybridized carbons (Fsp3) is 0.133. The van der Waals surface area contributed by atoms with Crippen LogP contribution in [0.1, 0.15) is 17.0 Å². The summed E-state index contributed by atoms with van der Waals surface area (Å²) in [6.07, 6.45) is 3.44.